The summed E-state index contributed by atoms with van der Waals surface area (Å²) in [5, 5.41) is 10.5. The first-order valence-corrected chi connectivity index (χ1v) is 14.2. The van der Waals surface area contributed by atoms with Crippen LogP contribution in [0, 0.1) is 0 Å². The Kier molecular flexibility index (Phi) is 8.64. The molecule has 4 N–H and O–H groups in total. The lowest BCUT2D eigenvalue weighted by atomic mass is 10.1. The van der Waals surface area contributed by atoms with Gasteiger partial charge in [0.15, 0.2) is 12.3 Å². The predicted octanol–water partition coefficient (Wildman–Crippen LogP) is 1.02. The first-order chi connectivity index (χ1) is 18.4. The van der Waals surface area contributed by atoms with Gasteiger partial charge in [-0.15, -0.1) is 0 Å². The molecule has 1 aliphatic heterocycles. The highest BCUT2D eigenvalue weighted by atomic mass is 31.3. The van der Waals surface area contributed by atoms with Crippen molar-refractivity contribution in [3.8, 4) is 5.75 Å². The maximum absolute atomic E-state index is 12.4. The van der Waals surface area contributed by atoms with Gasteiger partial charge in [0, 0.05) is 12.3 Å². The number of H-pyrrole nitrogens is 1. The molecule has 1 aliphatic rings. The van der Waals surface area contributed by atoms with E-state index in [1.165, 1.54) is 36.4 Å². The highest BCUT2D eigenvalue weighted by Crippen LogP contribution is 2.59. The van der Waals surface area contributed by atoms with Gasteiger partial charge in [0.25, 0.3) is 5.56 Å². The Morgan fingerprint density at radius 3 is 2.28 bits per heavy atom. The third kappa shape index (κ3) is 7.18. The molecule has 2 aromatic carbocycles. The second kappa shape index (κ2) is 11.8. The number of ether oxygens (including phenoxy) is 3. The van der Waals surface area contributed by atoms with Gasteiger partial charge in [0.2, 0.25) is 0 Å². The maximum atomic E-state index is 12.4. The third-order valence-electron chi connectivity index (χ3n) is 5.31. The summed E-state index contributed by atoms with van der Waals surface area (Å²) in [5.74, 6) is 0.110. The van der Waals surface area contributed by atoms with Gasteiger partial charge in [-0.3, -0.25) is 23.4 Å². The van der Waals surface area contributed by atoms with Gasteiger partial charge in [0.05, 0.1) is 11.9 Å². The molecule has 3 unspecified atom stereocenters. The average molecular weight is 584 g/mol. The Morgan fingerprint density at radius 1 is 1.00 bits per heavy atom. The van der Waals surface area contributed by atoms with E-state index in [9.17, 15) is 38.4 Å². The zero-order valence-electron chi connectivity index (χ0n) is 19.7. The van der Waals surface area contributed by atoms with Crippen LogP contribution < -0.4 is 21.3 Å². The summed E-state index contributed by atoms with van der Waals surface area (Å²) in [6.45, 7) is -0.911. The van der Waals surface area contributed by atoms with Crippen LogP contribution in [0.1, 0.15) is 6.23 Å². The zero-order valence-corrected chi connectivity index (χ0v) is 21.5. The van der Waals surface area contributed by atoms with E-state index in [1.807, 2.05) is 4.98 Å². The van der Waals surface area contributed by atoms with Gasteiger partial charge in [-0.1, -0.05) is 36.4 Å². The highest BCUT2D eigenvalue weighted by Gasteiger charge is 2.49. The summed E-state index contributed by atoms with van der Waals surface area (Å²) in [7, 11) is -10.00. The Morgan fingerprint density at radius 2 is 1.64 bits per heavy atom. The number of phosphoric ester groups is 1. The summed E-state index contributed by atoms with van der Waals surface area (Å²) in [6.07, 6.45) is -6.74. The fourth-order valence-electron chi connectivity index (χ4n) is 3.55. The van der Waals surface area contributed by atoms with Crippen molar-refractivity contribution in [2.24, 2.45) is 0 Å². The minimum Gasteiger partial charge on any atom is -0.423 e. The number of benzene rings is 2. The minimum absolute atomic E-state index is 0.110. The molecule has 0 saturated carbocycles. The van der Waals surface area contributed by atoms with Gasteiger partial charge >= 0.3 is 27.3 Å². The molecule has 1 fully saturated rings. The second-order valence-electron chi connectivity index (χ2n) is 8.02. The third-order valence-corrected chi connectivity index (χ3v) is 8.45. The average Bonchev–Trinajstić information content (AvgIpc) is 3.18. The maximum Gasteiger partial charge on any atom is 0.514 e. The molecular formula is C22H22N2O13P2. The van der Waals surface area contributed by atoms with Gasteiger partial charge in [-0.05, 0) is 24.3 Å². The van der Waals surface area contributed by atoms with Crippen LogP contribution in [-0.2, 0) is 27.4 Å². The van der Waals surface area contributed by atoms with Gasteiger partial charge < -0.3 is 29.1 Å². The summed E-state index contributed by atoms with van der Waals surface area (Å²) in [6, 6.07) is 15.5. The monoisotopic (exact) mass is 584 g/mol. The van der Waals surface area contributed by atoms with E-state index in [1.54, 1.807) is 24.3 Å². The smallest absolute Gasteiger partial charge is 0.423 e. The van der Waals surface area contributed by atoms with E-state index in [0.29, 0.717) is 0 Å². The normalized spacial score (nSPS) is 23.9. The summed E-state index contributed by atoms with van der Waals surface area (Å²) < 4.78 is 50.7. The molecule has 39 heavy (non-hydrogen) atoms. The molecule has 1 saturated heterocycles. The quantitative estimate of drug-likeness (QED) is 0.157. The topological polar surface area (TPSA) is 213 Å². The van der Waals surface area contributed by atoms with Crippen molar-refractivity contribution in [1.29, 1.82) is 0 Å². The first-order valence-electron chi connectivity index (χ1n) is 11.1. The van der Waals surface area contributed by atoms with Crippen molar-refractivity contribution in [2.45, 2.75) is 24.5 Å². The number of carbonyl (C=O) groups is 1. The number of aromatic nitrogens is 2. The number of carbonyl (C=O) groups excluding carboxylic acids is 1. The van der Waals surface area contributed by atoms with E-state index in [0.717, 1.165) is 16.8 Å². The Hall–Kier alpha value is -3.39. The number of hydrogen-bond acceptors (Lipinski definition) is 11. The number of aliphatic hydroxyl groups excluding tert-OH is 1. The van der Waals surface area contributed by atoms with Crippen LogP contribution in [0.3, 0.4) is 0 Å². The van der Waals surface area contributed by atoms with Crippen molar-refractivity contribution in [3.63, 3.8) is 0 Å². The number of aromatic amines is 1. The molecule has 2 heterocycles. The largest absolute Gasteiger partial charge is 0.514 e. The number of aliphatic hydroxyl groups is 1. The lowest BCUT2D eigenvalue weighted by Gasteiger charge is -2.21. The minimum atomic E-state index is -5.21. The van der Waals surface area contributed by atoms with Gasteiger partial charge in [-0.25, -0.2) is 18.5 Å². The molecular weight excluding hydrogens is 562 g/mol. The number of nitrogens with one attached hydrogen (secondary N) is 1. The molecule has 1 aromatic heterocycles. The van der Waals surface area contributed by atoms with E-state index in [2.05, 4.69) is 4.31 Å². The van der Waals surface area contributed by atoms with Gasteiger partial charge in [0.1, 0.15) is 18.0 Å². The van der Waals surface area contributed by atoms with E-state index in [4.69, 9.17) is 18.7 Å². The second-order valence-corrected chi connectivity index (χ2v) is 11.4. The molecule has 0 aliphatic carbocycles. The summed E-state index contributed by atoms with van der Waals surface area (Å²) in [5.41, 5.74) is -1.72. The van der Waals surface area contributed by atoms with Crippen LogP contribution >= 0.6 is 15.4 Å². The molecule has 0 spiro atoms. The highest BCUT2D eigenvalue weighted by molar-refractivity contribution is 7.69. The summed E-state index contributed by atoms with van der Waals surface area (Å²) in [4.78, 5) is 58.3. The van der Waals surface area contributed by atoms with Crippen molar-refractivity contribution in [3.05, 3.63) is 93.8 Å². The van der Waals surface area contributed by atoms with Crippen LogP contribution in [0.15, 0.2) is 82.5 Å². The van der Waals surface area contributed by atoms with Crippen molar-refractivity contribution in [2.75, 3.05) is 6.61 Å². The van der Waals surface area contributed by atoms with Crippen LogP contribution in [0.25, 0.3) is 0 Å². The van der Waals surface area contributed by atoms with E-state index >= 15 is 0 Å². The summed E-state index contributed by atoms with van der Waals surface area (Å²) >= 11 is 0. The molecule has 15 nitrogen and oxygen atoms in total. The Labute approximate surface area is 219 Å². The standard InChI is InChI=1S/C22H22N2O13P2/c25-17-11-12-24(21(27)23-17)20-19(36-22(28)34-14-7-3-1-4-8-14)18(26)16(35-20)13-33-39(31,32)37-38(29,30)15-9-5-2-6-10-15/h1-12,16,18-20,26H,13H2,(H,29,30)(H,31,32)(H,23,25,27)/t16-,18?,19+,20-/m1/s1. The van der Waals surface area contributed by atoms with E-state index in [-0.39, 0.29) is 11.1 Å². The number of para-hydroxylation sites is 1. The molecule has 0 bridgehead atoms. The van der Waals surface area contributed by atoms with Crippen molar-refractivity contribution < 1.29 is 51.9 Å². The van der Waals surface area contributed by atoms with Crippen LogP contribution in [0.5, 0.6) is 5.75 Å². The zero-order chi connectivity index (χ0) is 28.2. The van der Waals surface area contributed by atoms with E-state index < -0.39 is 64.0 Å². The molecule has 0 amide bonds. The van der Waals surface area contributed by atoms with Crippen molar-refractivity contribution >= 4 is 26.9 Å². The molecule has 4 rings (SSSR count). The lowest BCUT2D eigenvalue weighted by molar-refractivity contribution is -0.0603. The number of rotatable bonds is 9. The van der Waals surface area contributed by atoms with Crippen molar-refractivity contribution in [1.82, 2.24) is 9.55 Å². The molecule has 0 radical (unpaired) electrons. The molecule has 208 valence electrons. The SMILES string of the molecule is O=C(Oc1ccccc1)O[C@H]1C(O)[C@@H](COP(=O)(O)OP(=O)(O)c2ccccc2)O[C@H]1n1ccc(=O)[nH]c1=O. The number of hydrogen-bond donors (Lipinski definition) is 4. The Balaban J connectivity index is 1.50. The lowest BCUT2D eigenvalue weighted by Crippen LogP contribution is -2.41. The molecule has 6 atom stereocenters. The molecule has 3 aromatic rings. The van der Waals surface area contributed by atoms with Crippen LogP contribution in [0.2, 0.25) is 0 Å². The fraction of sp³-hybridized carbons (Fsp3) is 0.227. The van der Waals surface area contributed by atoms with Crippen LogP contribution in [0.4, 0.5) is 4.79 Å². The molecule has 17 heteroatoms. The fourth-order valence-corrected chi connectivity index (χ4v) is 6.12. The van der Waals surface area contributed by atoms with Gasteiger partial charge in [-0.2, -0.15) is 0 Å². The Bertz CT molecular complexity index is 1510. The number of phosphoric acid groups is 1. The predicted molar refractivity (Wildman–Crippen MR) is 131 cm³/mol. The van der Waals surface area contributed by atoms with Crippen LogP contribution in [-0.4, -0.2) is 55.5 Å². The first kappa shape index (κ1) is 28.6. The number of nitrogens with zero attached hydrogens (tertiary/aromatic N) is 1.